The molecule has 76 valence electrons. The molecule has 0 amide bonds. The molecule has 2 rings (SSSR count). The van der Waals surface area contributed by atoms with Gasteiger partial charge in [-0.25, -0.2) is 4.98 Å². The van der Waals surface area contributed by atoms with E-state index in [4.69, 9.17) is 11.1 Å². The van der Waals surface area contributed by atoms with Crippen molar-refractivity contribution in [1.82, 2.24) is 9.97 Å². The maximum absolute atomic E-state index is 7.42. The van der Waals surface area contributed by atoms with Gasteiger partial charge in [0.25, 0.3) is 0 Å². The highest BCUT2D eigenvalue weighted by Gasteiger charge is 2.07. The summed E-state index contributed by atoms with van der Waals surface area (Å²) >= 11 is 3.02. The highest BCUT2D eigenvalue weighted by atomic mass is 32.2. The Labute approximate surface area is 95.1 Å². The minimum Gasteiger partial charge on any atom is -0.384 e. The molecule has 3 N–H and O–H groups in total. The second kappa shape index (κ2) is 4.41. The Bertz CT molecular complexity index is 467. The third-order valence-corrected chi connectivity index (χ3v) is 3.61. The van der Waals surface area contributed by atoms with Crippen molar-refractivity contribution >= 4 is 28.9 Å². The van der Waals surface area contributed by atoms with Crippen LogP contribution < -0.4 is 5.73 Å². The Kier molecular flexibility index (Phi) is 2.98. The van der Waals surface area contributed by atoms with Crippen LogP contribution in [0.4, 0.5) is 0 Å². The van der Waals surface area contributed by atoms with Crippen LogP contribution in [0.25, 0.3) is 0 Å². The summed E-state index contributed by atoms with van der Waals surface area (Å²) in [6.07, 6.45) is 5.07. The largest absolute Gasteiger partial charge is 0.384 e. The van der Waals surface area contributed by atoms with Crippen molar-refractivity contribution in [3.05, 3.63) is 35.6 Å². The van der Waals surface area contributed by atoms with Crippen LogP contribution in [-0.2, 0) is 0 Å². The van der Waals surface area contributed by atoms with Crippen molar-refractivity contribution < 1.29 is 0 Å². The normalized spacial score (nSPS) is 10.1. The smallest absolute Gasteiger partial charge is 0.154 e. The van der Waals surface area contributed by atoms with E-state index >= 15 is 0 Å². The van der Waals surface area contributed by atoms with Crippen molar-refractivity contribution in [1.29, 1.82) is 5.41 Å². The third-order valence-electron chi connectivity index (χ3n) is 1.68. The number of thiazole rings is 1. The monoisotopic (exact) mass is 236 g/mol. The number of hydrogen-bond donors (Lipinski definition) is 2. The summed E-state index contributed by atoms with van der Waals surface area (Å²) < 4.78 is 0.922. The molecule has 0 spiro atoms. The van der Waals surface area contributed by atoms with Gasteiger partial charge in [-0.05, 0) is 6.07 Å². The fraction of sp³-hybridized carbons (Fsp3) is 0. The summed E-state index contributed by atoms with van der Waals surface area (Å²) in [6, 6.07) is 1.73. The minimum absolute atomic E-state index is 0.0523. The molecule has 0 aliphatic rings. The first-order valence-electron chi connectivity index (χ1n) is 4.13. The van der Waals surface area contributed by atoms with Crippen molar-refractivity contribution in [2.45, 2.75) is 9.24 Å². The van der Waals surface area contributed by atoms with Crippen LogP contribution in [0, 0.1) is 5.41 Å². The molecule has 6 heteroatoms. The number of rotatable bonds is 3. The van der Waals surface area contributed by atoms with Crippen LogP contribution in [0.1, 0.15) is 5.56 Å². The molecule has 0 aliphatic heterocycles. The van der Waals surface area contributed by atoms with Crippen LogP contribution in [0.2, 0.25) is 0 Å². The second-order valence-corrected chi connectivity index (χ2v) is 4.87. The lowest BCUT2D eigenvalue weighted by Crippen LogP contribution is -2.12. The van der Waals surface area contributed by atoms with Crippen LogP contribution in [-0.4, -0.2) is 15.8 Å². The maximum atomic E-state index is 7.42. The quantitative estimate of drug-likeness (QED) is 0.631. The van der Waals surface area contributed by atoms with E-state index in [9.17, 15) is 0 Å². The van der Waals surface area contributed by atoms with E-state index in [1.165, 1.54) is 11.8 Å². The van der Waals surface area contributed by atoms with E-state index in [2.05, 4.69) is 9.97 Å². The summed E-state index contributed by atoms with van der Waals surface area (Å²) in [5.74, 6) is 0.0523. The maximum Gasteiger partial charge on any atom is 0.154 e. The SMILES string of the molecule is N=C(N)c1ccncc1Sc1nccs1. The predicted octanol–water partition coefficient (Wildman–Crippen LogP) is 1.97. The zero-order chi connectivity index (χ0) is 10.7. The number of hydrogen-bond acceptors (Lipinski definition) is 5. The molecule has 0 saturated carbocycles. The molecule has 0 saturated heterocycles. The first kappa shape index (κ1) is 10.1. The Morgan fingerprint density at radius 2 is 2.33 bits per heavy atom. The average Bonchev–Trinajstić information content (AvgIpc) is 2.71. The van der Waals surface area contributed by atoms with E-state index in [0.29, 0.717) is 5.56 Å². The molecule has 15 heavy (non-hydrogen) atoms. The van der Waals surface area contributed by atoms with Crippen LogP contribution in [0.15, 0.2) is 39.3 Å². The van der Waals surface area contributed by atoms with E-state index in [-0.39, 0.29) is 5.84 Å². The Balaban J connectivity index is 2.32. The van der Waals surface area contributed by atoms with Crippen molar-refractivity contribution in [2.24, 2.45) is 5.73 Å². The second-order valence-electron chi connectivity index (χ2n) is 2.69. The van der Waals surface area contributed by atoms with Gasteiger partial charge in [-0.3, -0.25) is 10.4 Å². The van der Waals surface area contributed by atoms with Gasteiger partial charge < -0.3 is 5.73 Å². The van der Waals surface area contributed by atoms with Crippen LogP contribution >= 0.6 is 23.1 Å². The molecule has 0 bridgehead atoms. The lowest BCUT2D eigenvalue weighted by Gasteiger charge is -2.04. The molecule has 0 fully saturated rings. The summed E-state index contributed by atoms with van der Waals surface area (Å²) in [5, 5.41) is 9.33. The summed E-state index contributed by atoms with van der Waals surface area (Å²) in [5.41, 5.74) is 6.17. The van der Waals surface area contributed by atoms with Gasteiger partial charge in [0.1, 0.15) is 5.84 Å². The molecular formula is C9H8N4S2. The van der Waals surface area contributed by atoms with Gasteiger partial charge in [0.05, 0.1) is 0 Å². The molecule has 2 aromatic rings. The molecule has 0 atom stereocenters. The van der Waals surface area contributed by atoms with Gasteiger partial charge >= 0.3 is 0 Å². The van der Waals surface area contributed by atoms with Gasteiger partial charge in [-0.2, -0.15) is 0 Å². The Morgan fingerprint density at radius 1 is 1.47 bits per heavy atom. The number of nitrogen functional groups attached to an aromatic ring is 1. The molecule has 4 nitrogen and oxygen atoms in total. The summed E-state index contributed by atoms with van der Waals surface area (Å²) in [4.78, 5) is 9.03. The summed E-state index contributed by atoms with van der Waals surface area (Å²) in [6.45, 7) is 0. The van der Waals surface area contributed by atoms with Gasteiger partial charge in [0, 0.05) is 34.4 Å². The fourth-order valence-corrected chi connectivity index (χ4v) is 2.73. The van der Waals surface area contributed by atoms with Crippen molar-refractivity contribution in [2.75, 3.05) is 0 Å². The number of nitrogens with two attached hydrogens (primary N) is 1. The first-order chi connectivity index (χ1) is 7.27. The van der Waals surface area contributed by atoms with Crippen molar-refractivity contribution in [3.8, 4) is 0 Å². The number of pyridine rings is 1. The van der Waals surface area contributed by atoms with Crippen LogP contribution in [0.5, 0.6) is 0 Å². The van der Waals surface area contributed by atoms with Gasteiger partial charge in [-0.1, -0.05) is 11.8 Å². The molecule has 2 heterocycles. The van der Waals surface area contributed by atoms with Gasteiger partial charge in [-0.15, -0.1) is 11.3 Å². The van der Waals surface area contributed by atoms with E-state index in [1.807, 2.05) is 5.38 Å². The standard InChI is InChI=1S/C9H8N4S2/c10-8(11)6-1-2-12-5-7(6)15-9-13-3-4-14-9/h1-5H,(H3,10,11). The Hall–Kier alpha value is -1.40. The first-order valence-corrected chi connectivity index (χ1v) is 5.83. The molecular weight excluding hydrogens is 228 g/mol. The minimum atomic E-state index is 0.0523. The molecule has 0 aromatic carbocycles. The number of amidine groups is 1. The van der Waals surface area contributed by atoms with Gasteiger partial charge in [0.15, 0.2) is 4.34 Å². The zero-order valence-electron chi connectivity index (χ0n) is 7.68. The van der Waals surface area contributed by atoms with Crippen molar-refractivity contribution in [3.63, 3.8) is 0 Å². The van der Waals surface area contributed by atoms with Gasteiger partial charge in [0.2, 0.25) is 0 Å². The van der Waals surface area contributed by atoms with E-state index in [0.717, 1.165) is 9.24 Å². The third kappa shape index (κ3) is 2.34. The highest BCUT2D eigenvalue weighted by molar-refractivity contribution is 8.01. The Morgan fingerprint density at radius 3 is 3.00 bits per heavy atom. The number of aromatic nitrogens is 2. The fourth-order valence-electron chi connectivity index (χ4n) is 1.04. The lowest BCUT2D eigenvalue weighted by molar-refractivity contribution is 1.19. The molecule has 2 aromatic heterocycles. The molecule has 0 aliphatic carbocycles. The average molecular weight is 236 g/mol. The molecule has 0 radical (unpaired) electrons. The zero-order valence-corrected chi connectivity index (χ0v) is 9.31. The topological polar surface area (TPSA) is 75.7 Å². The van der Waals surface area contributed by atoms with E-state index in [1.54, 1.807) is 36.0 Å². The number of nitrogens with one attached hydrogen (secondary N) is 1. The predicted molar refractivity (Wildman–Crippen MR) is 61.5 cm³/mol. The van der Waals surface area contributed by atoms with E-state index < -0.39 is 0 Å². The summed E-state index contributed by atoms with van der Waals surface area (Å²) in [7, 11) is 0. The highest BCUT2D eigenvalue weighted by Crippen LogP contribution is 2.30. The number of nitrogens with zero attached hydrogens (tertiary/aromatic N) is 2. The molecule has 0 unspecified atom stereocenters. The van der Waals surface area contributed by atoms with Crippen LogP contribution in [0.3, 0.4) is 0 Å². The lowest BCUT2D eigenvalue weighted by atomic mass is 10.2.